The highest BCUT2D eigenvalue weighted by atomic mass is 16.5. The molecule has 25 heavy (non-hydrogen) atoms. The number of nitrogens with zero attached hydrogens (tertiary/aromatic N) is 6. The summed E-state index contributed by atoms with van der Waals surface area (Å²) in [5.41, 5.74) is 0.812. The average molecular weight is 338 g/mol. The van der Waals surface area contributed by atoms with E-state index in [0.29, 0.717) is 42.7 Å². The van der Waals surface area contributed by atoms with E-state index in [1.807, 2.05) is 17.9 Å². The first-order chi connectivity index (χ1) is 12.1. The number of rotatable bonds is 5. The van der Waals surface area contributed by atoms with E-state index in [9.17, 15) is 4.79 Å². The monoisotopic (exact) mass is 338 g/mol. The number of nitriles is 1. The van der Waals surface area contributed by atoms with Crippen LogP contribution in [0, 0.1) is 11.3 Å². The Balaban J connectivity index is 1.62. The molecule has 0 unspecified atom stereocenters. The third-order valence-corrected chi connectivity index (χ3v) is 4.09. The molecule has 0 radical (unpaired) electrons. The van der Waals surface area contributed by atoms with Crippen molar-refractivity contribution in [3.63, 3.8) is 0 Å². The van der Waals surface area contributed by atoms with E-state index < -0.39 is 0 Å². The zero-order valence-corrected chi connectivity index (χ0v) is 14.1. The van der Waals surface area contributed by atoms with Crippen LogP contribution in [0.1, 0.15) is 23.0 Å². The van der Waals surface area contributed by atoms with Gasteiger partial charge in [0, 0.05) is 44.8 Å². The molecular formula is C17H18N6O2. The zero-order chi connectivity index (χ0) is 17.8. The maximum absolute atomic E-state index is 12.6. The molecule has 1 fully saturated rings. The number of hydrogen-bond donors (Lipinski definition) is 0. The Morgan fingerprint density at radius 1 is 1.36 bits per heavy atom. The molecular weight excluding hydrogens is 320 g/mol. The highest BCUT2D eigenvalue weighted by Gasteiger charge is 2.34. The number of ether oxygens (including phenoxy) is 1. The minimum atomic E-state index is -0.0974. The van der Waals surface area contributed by atoms with Crippen LogP contribution in [0.3, 0.4) is 0 Å². The molecule has 8 nitrogen and oxygen atoms in total. The number of aromatic nitrogens is 3. The summed E-state index contributed by atoms with van der Waals surface area (Å²) in [6.45, 7) is 3.64. The van der Waals surface area contributed by atoms with Crippen LogP contribution in [0.4, 0.5) is 5.82 Å². The number of likely N-dealkylation sites (N-methyl/N-ethyl adjacent to an activating group) is 1. The van der Waals surface area contributed by atoms with Gasteiger partial charge in [-0.1, -0.05) is 0 Å². The van der Waals surface area contributed by atoms with Crippen molar-refractivity contribution in [3.05, 3.63) is 42.0 Å². The molecule has 0 bridgehead atoms. The van der Waals surface area contributed by atoms with E-state index in [4.69, 9.17) is 10.00 Å². The number of pyridine rings is 1. The molecule has 0 atom stereocenters. The predicted molar refractivity (Wildman–Crippen MR) is 90.2 cm³/mol. The number of anilines is 1. The van der Waals surface area contributed by atoms with E-state index in [1.165, 1.54) is 12.4 Å². The smallest absolute Gasteiger partial charge is 0.255 e. The van der Waals surface area contributed by atoms with Crippen LogP contribution in [-0.4, -0.2) is 58.5 Å². The van der Waals surface area contributed by atoms with Crippen molar-refractivity contribution in [1.29, 1.82) is 5.26 Å². The van der Waals surface area contributed by atoms with Crippen LogP contribution in [0.2, 0.25) is 0 Å². The van der Waals surface area contributed by atoms with Crippen molar-refractivity contribution >= 4 is 11.7 Å². The Bertz CT molecular complexity index is 796. The molecule has 3 rings (SSSR count). The van der Waals surface area contributed by atoms with Gasteiger partial charge in [-0.25, -0.2) is 15.0 Å². The van der Waals surface area contributed by atoms with Gasteiger partial charge in [-0.05, 0) is 13.0 Å². The molecule has 0 aromatic carbocycles. The minimum absolute atomic E-state index is 0.0487. The molecule has 3 heterocycles. The Kier molecular flexibility index (Phi) is 4.75. The fourth-order valence-corrected chi connectivity index (χ4v) is 2.62. The summed E-state index contributed by atoms with van der Waals surface area (Å²) in [6.07, 6.45) is 4.58. The van der Waals surface area contributed by atoms with Gasteiger partial charge in [0.15, 0.2) is 11.5 Å². The maximum Gasteiger partial charge on any atom is 0.255 e. The van der Waals surface area contributed by atoms with Gasteiger partial charge in [0.2, 0.25) is 5.88 Å². The van der Waals surface area contributed by atoms with Crippen molar-refractivity contribution in [2.45, 2.75) is 13.0 Å². The van der Waals surface area contributed by atoms with Gasteiger partial charge < -0.3 is 14.5 Å². The summed E-state index contributed by atoms with van der Waals surface area (Å²) < 4.78 is 5.28. The minimum Gasteiger partial charge on any atom is -0.478 e. The van der Waals surface area contributed by atoms with Gasteiger partial charge in [-0.3, -0.25) is 4.79 Å². The molecule has 0 aliphatic carbocycles. The zero-order valence-electron chi connectivity index (χ0n) is 14.1. The van der Waals surface area contributed by atoms with Crippen LogP contribution in [0.15, 0.2) is 30.7 Å². The highest BCUT2D eigenvalue weighted by molar-refractivity contribution is 5.94. The molecule has 2 aromatic rings. The van der Waals surface area contributed by atoms with Crippen LogP contribution >= 0.6 is 0 Å². The molecule has 2 aromatic heterocycles. The first-order valence-electron chi connectivity index (χ1n) is 7.96. The van der Waals surface area contributed by atoms with Crippen molar-refractivity contribution < 1.29 is 9.53 Å². The number of amides is 1. The van der Waals surface area contributed by atoms with E-state index >= 15 is 0 Å². The quantitative estimate of drug-likeness (QED) is 0.805. The molecule has 1 saturated heterocycles. The maximum atomic E-state index is 12.6. The van der Waals surface area contributed by atoms with E-state index in [1.54, 1.807) is 30.3 Å². The Morgan fingerprint density at radius 2 is 2.12 bits per heavy atom. The SMILES string of the molecule is CCOc1ccc(C(=O)N(C)C2CN(c3nccnc3C#N)C2)cn1. The highest BCUT2D eigenvalue weighted by Crippen LogP contribution is 2.24. The summed E-state index contributed by atoms with van der Waals surface area (Å²) >= 11 is 0. The second kappa shape index (κ2) is 7.13. The fourth-order valence-electron chi connectivity index (χ4n) is 2.62. The average Bonchev–Trinajstić information content (AvgIpc) is 2.61. The van der Waals surface area contributed by atoms with Crippen LogP contribution in [0.25, 0.3) is 0 Å². The van der Waals surface area contributed by atoms with Crippen molar-refractivity contribution in [2.24, 2.45) is 0 Å². The molecule has 1 aliphatic rings. The second-order valence-corrected chi connectivity index (χ2v) is 5.63. The molecule has 8 heteroatoms. The lowest BCUT2D eigenvalue weighted by molar-refractivity contribution is 0.0704. The molecule has 128 valence electrons. The van der Waals surface area contributed by atoms with Crippen LogP contribution in [-0.2, 0) is 0 Å². The lowest BCUT2D eigenvalue weighted by atomic mass is 10.1. The molecule has 0 N–H and O–H groups in total. The summed E-state index contributed by atoms with van der Waals surface area (Å²) in [5, 5.41) is 9.10. The van der Waals surface area contributed by atoms with Gasteiger partial charge >= 0.3 is 0 Å². The first kappa shape index (κ1) is 16.6. The molecule has 1 aliphatic heterocycles. The summed E-state index contributed by atoms with van der Waals surface area (Å²) in [4.78, 5) is 28.5. The molecule has 1 amide bonds. The van der Waals surface area contributed by atoms with Crippen molar-refractivity contribution in [3.8, 4) is 11.9 Å². The van der Waals surface area contributed by atoms with Gasteiger partial charge in [-0.2, -0.15) is 5.26 Å². The topological polar surface area (TPSA) is 95.2 Å². The first-order valence-corrected chi connectivity index (χ1v) is 7.96. The third-order valence-electron chi connectivity index (χ3n) is 4.09. The normalized spacial score (nSPS) is 13.7. The fraction of sp³-hybridized carbons (Fsp3) is 0.353. The molecule has 0 spiro atoms. The standard InChI is InChI=1S/C17H18N6O2/c1-3-25-15-5-4-12(9-21-15)17(24)22(2)13-10-23(11-13)16-14(8-18)19-6-7-20-16/h4-7,9,13H,3,10-11H2,1-2H3. The number of carbonyl (C=O) groups excluding carboxylic acids is 1. The lowest BCUT2D eigenvalue weighted by Crippen LogP contribution is -2.60. The van der Waals surface area contributed by atoms with Gasteiger partial charge in [0.05, 0.1) is 18.2 Å². The van der Waals surface area contributed by atoms with Gasteiger partial charge in [0.25, 0.3) is 5.91 Å². The number of hydrogen-bond acceptors (Lipinski definition) is 7. The predicted octanol–water partition coefficient (Wildman–Crippen LogP) is 1.10. The van der Waals surface area contributed by atoms with E-state index in [-0.39, 0.29) is 11.9 Å². The summed E-state index contributed by atoms with van der Waals surface area (Å²) in [5.74, 6) is 0.966. The third kappa shape index (κ3) is 3.35. The Morgan fingerprint density at radius 3 is 2.76 bits per heavy atom. The van der Waals surface area contributed by atoms with Crippen LogP contribution < -0.4 is 9.64 Å². The summed E-state index contributed by atoms with van der Waals surface area (Å²) in [7, 11) is 1.77. The van der Waals surface area contributed by atoms with Crippen molar-refractivity contribution in [2.75, 3.05) is 31.6 Å². The Hall–Kier alpha value is -3.21. The summed E-state index contributed by atoms with van der Waals surface area (Å²) in [6, 6.07) is 5.49. The van der Waals surface area contributed by atoms with E-state index in [0.717, 1.165) is 0 Å². The second-order valence-electron chi connectivity index (χ2n) is 5.63. The van der Waals surface area contributed by atoms with Gasteiger partial charge in [0.1, 0.15) is 6.07 Å². The largest absolute Gasteiger partial charge is 0.478 e. The van der Waals surface area contributed by atoms with Gasteiger partial charge in [-0.15, -0.1) is 0 Å². The molecule has 0 saturated carbocycles. The Labute approximate surface area is 145 Å². The van der Waals surface area contributed by atoms with Crippen LogP contribution in [0.5, 0.6) is 5.88 Å². The number of carbonyl (C=O) groups is 1. The lowest BCUT2D eigenvalue weighted by Gasteiger charge is -2.44. The van der Waals surface area contributed by atoms with Crippen molar-refractivity contribution in [1.82, 2.24) is 19.9 Å². The van der Waals surface area contributed by atoms with E-state index in [2.05, 4.69) is 15.0 Å².